The summed E-state index contributed by atoms with van der Waals surface area (Å²) < 4.78 is 10.8. The van der Waals surface area contributed by atoms with Gasteiger partial charge >= 0.3 is 6.09 Å². The first-order valence-corrected chi connectivity index (χ1v) is 8.56. The van der Waals surface area contributed by atoms with Crippen LogP contribution in [0.4, 0.5) is 4.79 Å². The molecule has 4 heteroatoms. The van der Waals surface area contributed by atoms with E-state index in [-0.39, 0.29) is 6.09 Å². The Labute approximate surface area is 140 Å². The third kappa shape index (κ3) is 11.6. The molecule has 0 heterocycles. The summed E-state index contributed by atoms with van der Waals surface area (Å²) in [4.78, 5) is 11.4. The van der Waals surface area contributed by atoms with Crippen LogP contribution in [0.3, 0.4) is 0 Å². The number of aryl methyl sites for hydroxylation is 1. The summed E-state index contributed by atoms with van der Waals surface area (Å²) in [7, 11) is 0. The molecule has 0 radical (unpaired) electrons. The molecule has 1 amide bonds. The van der Waals surface area contributed by atoms with Crippen molar-refractivity contribution in [3.63, 3.8) is 0 Å². The van der Waals surface area contributed by atoms with E-state index in [1.165, 1.54) is 5.56 Å². The molecule has 0 unspecified atom stereocenters. The number of ether oxygens (including phenoxy) is 2. The number of carbonyl (C=O) groups is 1. The highest BCUT2D eigenvalue weighted by atomic mass is 16.6. The normalized spacial score (nSPS) is 11.3. The quantitative estimate of drug-likeness (QED) is 0.652. The molecule has 1 aromatic rings. The van der Waals surface area contributed by atoms with Crippen molar-refractivity contribution in [1.82, 2.24) is 5.32 Å². The zero-order valence-electron chi connectivity index (χ0n) is 14.8. The zero-order chi connectivity index (χ0) is 17.0. The number of carbonyl (C=O) groups excluding carboxylic acids is 1. The number of hydrogen-bond donors (Lipinski definition) is 1. The molecule has 4 nitrogen and oxygen atoms in total. The Morgan fingerprint density at radius 1 is 1.00 bits per heavy atom. The molecule has 0 aromatic heterocycles. The molecule has 0 aliphatic rings. The Hall–Kier alpha value is -1.55. The van der Waals surface area contributed by atoms with E-state index >= 15 is 0 Å². The highest BCUT2D eigenvalue weighted by Crippen LogP contribution is 2.06. The molecule has 0 fully saturated rings. The molecule has 23 heavy (non-hydrogen) atoms. The van der Waals surface area contributed by atoms with E-state index in [1.807, 2.05) is 26.8 Å². The average Bonchev–Trinajstić information content (AvgIpc) is 2.48. The van der Waals surface area contributed by atoms with E-state index in [0.717, 1.165) is 45.3 Å². The largest absolute Gasteiger partial charge is 0.444 e. The van der Waals surface area contributed by atoms with Crippen LogP contribution in [0.5, 0.6) is 0 Å². The number of rotatable bonds is 10. The van der Waals surface area contributed by atoms with Crippen LogP contribution in [0.15, 0.2) is 30.3 Å². The number of alkyl carbamates (subject to hydrolysis) is 1. The molecule has 0 aliphatic carbocycles. The van der Waals surface area contributed by atoms with Gasteiger partial charge in [0.15, 0.2) is 0 Å². The summed E-state index contributed by atoms with van der Waals surface area (Å²) in [6, 6.07) is 10.5. The molecular formula is C19H31NO3. The Kier molecular flexibility index (Phi) is 9.37. The van der Waals surface area contributed by atoms with E-state index in [2.05, 4.69) is 29.6 Å². The number of nitrogens with one attached hydrogen (secondary N) is 1. The minimum Gasteiger partial charge on any atom is -0.444 e. The van der Waals surface area contributed by atoms with Gasteiger partial charge in [-0.15, -0.1) is 0 Å². The van der Waals surface area contributed by atoms with Gasteiger partial charge < -0.3 is 14.8 Å². The highest BCUT2D eigenvalue weighted by molar-refractivity contribution is 5.67. The van der Waals surface area contributed by atoms with Crippen molar-refractivity contribution in [1.29, 1.82) is 0 Å². The molecule has 0 saturated carbocycles. The van der Waals surface area contributed by atoms with Crippen LogP contribution >= 0.6 is 0 Å². The first-order chi connectivity index (χ1) is 11.0. The summed E-state index contributed by atoms with van der Waals surface area (Å²) in [6.07, 6.45) is 4.82. The minimum atomic E-state index is -0.433. The molecule has 130 valence electrons. The molecule has 0 saturated heterocycles. The average molecular weight is 321 g/mol. The standard InChI is InChI=1S/C19H31NO3/c1-19(2,3)23-18(21)20-14-8-5-9-15-22-16-10-13-17-11-6-4-7-12-17/h4,6-7,11-12H,5,8-10,13-16H2,1-3H3,(H,20,21). The summed E-state index contributed by atoms with van der Waals surface area (Å²) in [5, 5.41) is 2.77. The third-order valence-corrected chi connectivity index (χ3v) is 3.23. The predicted octanol–water partition coefficient (Wildman–Crippen LogP) is 4.33. The molecule has 0 aliphatic heterocycles. The van der Waals surface area contributed by atoms with Gasteiger partial charge in [0.25, 0.3) is 0 Å². The maximum atomic E-state index is 11.4. The van der Waals surface area contributed by atoms with Gasteiger partial charge in [0.05, 0.1) is 0 Å². The van der Waals surface area contributed by atoms with Crippen LogP contribution < -0.4 is 5.32 Å². The fourth-order valence-corrected chi connectivity index (χ4v) is 2.14. The van der Waals surface area contributed by atoms with Crippen molar-refractivity contribution in [2.24, 2.45) is 0 Å². The topological polar surface area (TPSA) is 47.6 Å². The van der Waals surface area contributed by atoms with Crippen molar-refractivity contribution in [2.75, 3.05) is 19.8 Å². The van der Waals surface area contributed by atoms with Gasteiger partial charge in [-0.2, -0.15) is 0 Å². The molecular weight excluding hydrogens is 290 g/mol. The SMILES string of the molecule is CC(C)(C)OC(=O)NCCCCCOCCCc1ccccc1. The second-order valence-electron chi connectivity index (χ2n) is 6.69. The van der Waals surface area contributed by atoms with Crippen molar-refractivity contribution in [3.05, 3.63) is 35.9 Å². The van der Waals surface area contributed by atoms with Crippen molar-refractivity contribution >= 4 is 6.09 Å². The van der Waals surface area contributed by atoms with Crippen LogP contribution in [0.25, 0.3) is 0 Å². The Morgan fingerprint density at radius 3 is 2.39 bits per heavy atom. The summed E-state index contributed by atoms with van der Waals surface area (Å²) in [6.45, 7) is 7.85. The first kappa shape index (κ1) is 19.5. The maximum Gasteiger partial charge on any atom is 0.407 e. The van der Waals surface area contributed by atoms with Gasteiger partial charge in [0.1, 0.15) is 5.60 Å². The predicted molar refractivity (Wildman–Crippen MR) is 93.7 cm³/mol. The monoisotopic (exact) mass is 321 g/mol. The Morgan fingerprint density at radius 2 is 1.70 bits per heavy atom. The highest BCUT2D eigenvalue weighted by Gasteiger charge is 2.15. The van der Waals surface area contributed by atoms with Gasteiger partial charge in [-0.25, -0.2) is 4.79 Å². The molecule has 1 aromatic carbocycles. The van der Waals surface area contributed by atoms with Gasteiger partial charge in [0.2, 0.25) is 0 Å². The molecule has 0 atom stereocenters. The smallest absolute Gasteiger partial charge is 0.407 e. The molecule has 0 bridgehead atoms. The van der Waals surface area contributed by atoms with Crippen molar-refractivity contribution in [3.8, 4) is 0 Å². The third-order valence-electron chi connectivity index (χ3n) is 3.23. The molecule has 1 N–H and O–H groups in total. The second-order valence-corrected chi connectivity index (χ2v) is 6.69. The molecule has 0 spiro atoms. The van der Waals surface area contributed by atoms with E-state index in [1.54, 1.807) is 0 Å². The van der Waals surface area contributed by atoms with Crippen LogP contribution in [0.1, 0.15) is 52.0 Å². The van der Waals surface area contributed by atoms with Gasteiger partial charge in [-0.05, 0) is 58.4 Å². The van der Waals surface area contributed by atoms with E-state index in [0.29, 0.717) is 6.54 Å². The Bertz CT molecular complexity index is 426. The lowest BCUT2D eigenvalue weighted by molar-refractivity contribution is 0.0526. The van der Waals surface area contributed by atoms with Crippen molar-refractivity contribution < 1.29 is 14.3 Å². The zero-order valence-corrected chi connectivity index (χ0v) is 14.8. The molecule has 1 rings (SSSR count). The van der Waals surface area contributed by atoms with Gasteiger partial charge in [-0.3, -0.25) is 0 Å². The van der Waals surface area contributed by atoms with Crippen LogP contribution in [-0.4, -0.2) is 31.5 Å². The fourth-order valence-electron chi connectivity index (χ4n) is 2.14. The Balaban J connectivity index is 1.86. The maximum absolute atomic E-state index is 11.4. The minimum absolute atomic E-state index is 0.338. The van der Waals surface area contributed by atoms with E-state index in [4.69, 9.17) is 9.47 Å². The van der Waals surface area contributed by atoms with Crippen LogP contribution in [0.2, 0.25) is 0 Å². The van der Waals surface area contributed by atoms with E-state index < -0.39 is 5.60 Å². The lowest BCUT2D eigenvalue weighted by atomic mass is 10.1. The first-order valence-electron chi connectivity index (χ1n) is 8.56. The van der Waals surface area contributed by atoms with Crippen LogP contribution in [-0.2, 0) is 15.9 Å². The number of hydrogen-bond acceptors (Lipinski definition) is 3. The lowest BCUT2D eigenvalue weighted by Crippen LogP contribution is -2.33. The van der Waals surface area contributed by atoms with Gasteiger partial charge in [0, 0.05) is 19.8 Å². The number of amides is 1. The summed E-state index contributed by atoms with van der Waals surface area (Å²) in [5.74, 6) is 0. The fraction of sp³-hybridized carbons (Fsp3) is 0.632. The van der Waals surface area contributed by atoms with E-state index in [9.17, 15) is 4.79 Å². The van der Waals surface area contributed by atoms with Crippen molar-refractivity contribution in [2.45, 2.75) is 58.5 Å². The van der Waals surface area contributed by atoms with Crippen LogP contribution in [0, 0.1) is 0 Å². The lowest BCUT2D eigenvalue weighted by Gasteiger charge is -2.19. The number of benzene rings is 1. The number of unbranched alkanes of at least 4 members (excludes halogenated alkanes) is 2. The van der Waals surface area contributed by atoms with Gasteiger partial charge in [-0.1, -0.05) is 30.3 Å². The second kappa shape index (κ2) is 11.1. The summed E-state index contributed by atoms with van der Waals surface area (Å²) >= 11 is 0. The summed E-state index contributed by atoms with van der Waals surface area (Å²) in [5.41, 5.74) is 0.932.